The first-order valence-electron chi connectivity index (χ1n) is 12.0. The zero-order valence-electron chi connectivity index (χ0n) is 20.7. The van der Waals surface area contributed by atoms with Crippen molar-refractivity contribution in [3.63, 3.8) is 0 Å². The van der Waals surface area contributed by atoms with Crippen LogP contribution in [-0.4, -0.2) is 36.5 Å². The highest BCUT2D eigenvalue weighted by atomic mass is 16.5. The molecule has 0 saturated heterocycles. The zero-order valence-corrected chi connectivity index (χ0v) is 20.7. The number of amides is 2. The van der Waals surface area contributed by atoms with E-state index in [2.05, 4.69) is 36.5 Å². The van der Waals surface area contributed by atoms with Crippen LogP contribution >= 0.6 is 0 Å². The Morgan fingerprint density at radius 2 is 1.71 bits per heavy atom. The van der Waals surface area contributed by atoms with Gasteiger partial charge in [-0.15, -0.1) is 0 Å². The predicted molar refractivity (Wildman–Crippen MR) is 137 cm³/mol. The number of aryl methyl sites for hydroxylation is 1. The van der Waals surface area contributed by atoms with Gasteiger partial charge in [0.15, 0.2) is 6.10 Å². The maximum absolute atomic E-state index is 12.8. The highest BCUT2D eigenvalue weighted by Gasteiger charge is 2.32. The summed E-state index contributed by atoms with van der Waals surface area (Å²) in [4.78, 5) is 27.5. The monoisotopic (exact) mass is 472 g/mol. The van der Waals surface area contributed by atoms with Crippen LogP contribution in [0.3, 0.4) is 0 Å². The predicted octanol–water partition coefficient (Wildman–Crippen LogP) is 5.29. The van der Waals surface area contributed by atoms with E-state index in [0.717, 1.165) is 23.3 Å². The Bertz CT molecular complexity index is 1190. The molecule has 0 radical (unpaired) electrons. The summed E-state index contributed by atoms with van der Waals surface area (Å²) in [5.74, 6) is 1.20. The molecule has 2 amide bonds. The van der Waals surface area contributed by atoms with Crippen molar-refractivity contribution in [2.45, 2.75) is 45.8 Å². The molecule has 0 unspecified atom stereocenters. The number of ether oxygens (including phenoxy) is 2. The van der Waals surface area contributed by atoms with Crippen LogP contribution in [-0.2, 0) is 16.0 Å². The van der Waals surface area contributed by atoms with Crippen LogP contribution in [0.4, 0.5) is 5.69 Å². The van der Waals surface area contributed by atoms with Crippen molar-refractivity contribution in [3.8, 4) is 11.5 Å². The number of benzene rings is 3. The van der Waals surface area contributed by atoms with Gasteiger partial charge in [-0.3, -0.25) is 9.59 Å². The fourth-order valence-electron chi connectivity index (χ4n) is 4.42. The summed E-state index contributed by atoms with van der Waals surface area (Å²) in [6.07, 6.45) is 0.540. The molecule has 3 aromatic rings. The molecule has 1 heterocycles. The number of nitrogens with one attached hydrogen (secondary N) is 1. The van der Waals surface area contributed by atoms with Crippen molar-refractivity contribution >= 4 is 17.5 Å². The molecule has 1 aliphatic heterocycles. The topological polar surface area (TPSA) is 67.9 Å². The molecule has 0 fully saturated rings. The second kappa shape index (κ2) is 10.6. The first-order chi connectivity index (χ1) is 16.9. The molecule has 1 N–H and O–H groups in total. The lowest BCUT2D eigenvalue weighted by molar-refractivity contribution is -0.133. The summed E-state index contributed by atoms with van der Waals surface area (Å²) in [5.41, 5.74) is 5.15. The normalized spacial score (nSPS) is 15.7. The van der Waals surface area contributed by atoms with Gasteiger partial charge in [-0.25, -0.2) is 0 Å². The molecular weight excluding hydrogens is 440 g/mol. The summed E-state index contributed by atoms with van der Waals surface area (Å²) in [6, 6.07) is 21.2. The first kappa shape index (κ1) is 24.3. The average molecular weight is 473 g/mol. The molecule has 3 aromatic carbocycles. The number of methoxy groups -OCH3 is 1. The van der Waals surface area contributed by atoms with Crippen LogP contribution in [0.5, 0.6) is 11.5 Å². The lowest BCUT2D eigenvalue weighted by Crippen LogP contribution is -2.40. The molecule has 1 aliphatic rings. The third kappa shape index (κ3) is 5.48. The van der Waals surface area contributed by atoms with E-state index in [9.17, 15) is 9.59 Å². The lowest BCUT2D eigenvalue weighted by atomic mass is 9.87. The molecule has 6 heteroatoms. The van der Waals surface area contributed by atoms with E-state index in [-0.39, 0.29) is 17.9 Å². The third-order valence-corrected chi connectivity index (χ3v) is 6.40. The minimum atomic E-state index is -0.704. The van der Waals surface area contributed by atoms with E-state index < -0.39 is 6.10 Å². The van der Waals surface area contributed by atoms with Crippen molar-refractivity contribution < 1.29 is 19.1 Å². The van der Waals surface area contributed by atoms with Gasteiger partial charge in [0, 0.05) is 18.7 Å². The minimum Gasteiger partial charge on any atom is -0.497 e. The maximum Gasteiger partial charge on any atom is 0.265 e. The Kier molecular flexibility index (Phi) is 7.39. The highest BCUT2D eigenvalue weighted by Crippen LogP contribution is 2.37. The first-order valence-corrected chi connectivity index (χ1v) is 12.0. The number of hydrogen-bond acceptors (Lipinski definition) is 4. The van der Waals surface area contributed by atoms with E-state index in [0.29, 0.717) is 24.4 Å². The molecule has 0 bridgehead atoms. The van der Waals surface area contributed by atoms with Crippen molar-refractivity contribution in [1.82, 2.24) is 4.90 Å². The molecule has 182 valence electrons. The molecule has 0 spiro atoms. The summed E-state index contributed by atoms with van der Waals surface area (Å²) >= 11 is 0. The van der Waals surface area contributed by atoms with E-state index in [4.69, 9.17) is 9.47 Å². The number of anilines is 1. The Morgan fingerprint density at radius 1 is 1.03 bits per heavy atom. The SMILES string of the molecule is CCC(=O)N1CCc2ccc(O[C@H](C)C(=O)Nc3ccc(OC)cc3)cc2[C@@H]1c1ccc(C)cc1. The van der Waals surface area contributed by atoms with E-state index in [1.807, 2.05) is 30.0 Å². The Hall–Kier alpha value is -3.80. The summed E-state index contributed by atoms with van der Waals surface area (Å²) in [7, 11) is 1.60. The number of carbonyl (C=O) groups excluding carboxylic acids is 2. The number of rotatable bonds is 7. The van der Waals surface area contributed by atoms with Crippen molar-refractivity contribution in [2.75, 3.05) is 19.0 Å². The summed E-state index contributed by atoms with van der Waals surface area (Å²) < 4.78 is 11.2. The second-order valence-corrected chi connectivity index (χ2v) is 8.84. The quantitative estimate of drug-likeness (QED) is 0.507. The molecule has 0 saturated carbocycles. The standard InChI is InChI=1S/C29H32N2O4/c1-5-27(32)31-17-16-21-10-13-25(18-26(21)28(31)22-8-6-19(2)7-9-22)35-20(3)29(33)30-23-11-14-24(34-4)15-12-23/h6-15,18,20,28H,5,16-17H2,1-4H3,(H,30,33)/t20-,28+/m1/s1. The summed E-state index contributed by atoms with van der Waals surface area (Å²) in [5, 5.41) is 2.87. The van der Waals surface area contributed by atoms with Crippen molar-refractivity contribution in [2.24, 2.45) is 0 Å². The fourth-order valence-corrected chi connectivity index (χ4v) is 4.42. The van der Waals surface area contributed by atoms with Gasteiger partial charge in [-0.1, -0.05) is 42.8 Å². The number of carbonyl (C=O) groups is 2. The van der Waals surface area contributed by atoms with Gasteiger partial charge < -0.3 is 19.7 Å². The van der Waals surface area contributed by atoms with Crippen LogP contribution in [0.15, 0.2) is 66.7 Å². The summed E-state index contributed by atoms with van der Waals surface area (Å²) in [6.45, 7) is 6.35. The highest BCUT2D eigenvalue weighted by molar-refractivity contribution is 5.94. The van der Waals surface area contributed by atoms with Crippen LogP contribution in [0.25, 0.3) is 0 Å². The van der Waals surface area contributed by atoms with Gasteiger partial charge in [0.1, 0.15) is 11.5 Å². The molecule has 35 heavy (non-hydrogen) atoms. The maximum atomic E-state index is 12.8. The van der Waals surface area contributed by atoms with Crippen LogP contribution in [0.1, 0.15) is 48.6 Å². The molecule has 0 aliphatic carbocycles. The molecule has 6 nitrogen and oxygen atoms in total. The van der Waals surface area contributed by atoms with Gasteiger partial charge in [-0.05, 0) is 73.4 Å². The van der Waals surface area contributed by atoms with Gasteiger partial charge in [-0.2, -0.15) is 0 Å². The van der Waals surface area contributed by atoms with Crippen LogP contribution in [0, 0.1) is 6.92 Å². The van der Waals surface area contributed by atoms with Crippen molar-refractivity contribution in [1.29, 1.82) is 0 Å². The fraction of sp³-hybridized carbons (Fsp3) is 0.310. The molecule has 2 atom stereocenters. The van der Waals surface area contributed by atoms with Gasteiger partial charge in [0.25, 0.3) is 5.91 Å². The minimum absolute atomic E-state index is 0.125. The Morgan fingerprint density at radius 3 is 2.37 bits per heavy atom. The largest absolute Gasteiger partial charge is 0.497 e. The van der Waals surface area contributed by atoms with Crippen molar-refractivity contribution in [3.05, 3.63) is 89.0 Å². The van der Waals surface area contributed by atoms with E-state index >= 15 is 0 Å². The number of fused-ring (bicyclic) bond motifs is 1. The molecular formula is C29H32N2O4. The Labute approximate surface area is 206 Å². The number of nitrogens with zero attached hydrogens (tertiary/aromatic N) is 1. The number of hydrogen-bond donors (Lipinski definition) is 1. The third-order valence-electron chi connectivity index (χ3n) is 6.40. The second-order valence-electron chi connectivity index (χ2n) is 8.84. The molecule has 0 aromatic heterocycles. The lowest BCUT2D eigenvalue weighted by Gasteiger charge is -2.38. The smallest absolute Gasteiger partial charge is 0.265 e. The Balaban J connectivity index is 1.57. The zero-order chi connectivity index (χ0) is 24.9. The van der Waals surface area contributed by atoms with Gasteiger partial charge >= 0.3 is 0 Å². The average Bonchev–Trinajstić information content (AvgIpc) is 2.88. The van der Waals surface area contributed by atoms with Gasteiger partial charge in [0.2, 0.25) is 5.91 Å². The van der Waals surface area contributed by atoms with Crippen LogP contribution < -0.4 is 14.8 Å². The van der Waals surface area contributed by atoms with Crippen LogP contribution in [0.2, 0.25) is 0 Å². The van der Waals surface area contributed by atoms with Gasteiger partial charge in [0.05, 0.1) is 13.2 Å². The van der Waals surface area contributed by atoms with E-state index in [1.165, 1.54) is 11.1 Å². The molecule has 4 rings (SSSR count). The van der Waals surface area contributed by atoms with E-state index in [1.54, 1.807) is 38.3 Å².